The van der Waals surface area contributed by atoms with Crippen LogP contribution in [0.4, 0.5) is 0 Å². The number of aliphatic hydroxyl groups excluding tert-OH is 1. The molecular weight excluding hydrogens is 216 g/mol. The van der Waals surface area contributed by atoms with E-state index in [-0.39, 0.29) is 17.7 Å². The van der Waals surface area contributed by atoms with Gasteiger partial charge in [0.05, 0.1) is 12.0 Å². The fourth-order valence-corrected chi connectivity index (χ4v) is 2.05. The summed E-state index contributed by atoms with van der Waals surface area (Å²) in [5.74, 6) is 0.117. The maximum atomic E-state index is 11.8. The minimum Gasteiger partial charge on any atom is -0.391 e. The van der Waals surface area contributed by atoms with Crippen LogP contribution in [0, 0.1) is 11.8 Å². The van der Waals surface area contributed by atoms with Crippen molar-refractivity contribution in [1.29, 1.82) is 0 Å². The van der Waals surface area contributed by atoms with E-state index in [1.807, 2.05) is 6.92 Å². The Balaban J connectivity index is 4.04. The molecule has 0 radical (unpaired) electrons. The molecule has 2 atom stereocenters. The molecule has 4 N–H and O–H groups in total. The number of carbonyl (C=O) groups excluding carboxylic acids is 1. The highest BCUT2D eigenvalue weighted by atomic mass is 16.3. The molecular formula is C13H28N2O2. The summed E-state index contributed by atoms with van der Waals surface area (Å²) in [5.41, 5.74) is 5.55. The van der Waals surface area contributed by atoms with E-state index in [1.54, 1.807) is 0 Å². The number of aliphatic hydroxyl groups is 1. The molecule has 0 bridgehead atoms. The smallest absolute Gasteiger partial charge is 0.224 e. The van der Waals surface area contributed by atoms with Crippen LogP contribution in [0.1, 0.15) is 46.5 Å². The van der Waals surface area contributed by atoms with Gasteiger partial charge in [-0.3, -0.25) is 4.79 Å². The Morgan fingerprint density at radius 2 is 1.88 bits per heavy atom. The first-order chi connectivity index (χ1) is 8.10. The molecule has 4 nitrogen and oxygen atoms in total. The van der Waals surface area contributed by atoms with Gasteiger partial charge in [0, 0.05) is 13.1 Å². The molecule has 2 unspecified atom stereocenters. The van der Waals surface area contributed by atoms with Crippen molar-refractivity contribution in [3.63, 3.8) is 0 Å². The highest BCUT2D eigenvalue weighted by Crippen LogP contribution is 2.12. The van der Waals surface area contributed by atoms with Gasteiger partial charge in [-0.2, -0.15) is 0 Å². The zero-order valence-electron chi connectivity index (χ0n) is 11.4. The number of carbonyl (C=O) groups is 1. The van der Waals surface area contributed by atoms with Gasteiger partial charge >= 0.3 is 0 Å². The Kier molecular flexibility index (Phi) is 9.09. The third-order valence-electron chi connectivity index (χ3n) is 3.37. The van der Waals surface area contributed by atoms with E-state index in [9.17, 15) is 9.90 Å². The van der Waals surface area contributed by atoms with Gasteiger partial charge in [0.15, 0.2) is 0 Å². The number of hydrogen-bond acceptors (Lipinski definition) is 3. The van der Waals surface area contributed by atoms with Crippen LogP contribution in [-0.2, 0) is 4.79 Å². The van der Waals surface area contributed by atoms with E-state index in [0.717, 1.165) is 25.7 Å². The first-order valence-corrected chi connectivity index (χ1v) is 6.76. The molecule has 0 saturated carbocycles. The molecule has 4 heteroatoms. The monoisotopic (exact) mass is 244 g/mol. The fraction of sp³-hybridized carbons (Fsp3) is 0.923. The van der Waals surface area contributed by atoms with Crippen molar-refractivity contribution in [2.75, 3.05) is 13.1 Å². The highest BCUT2D eigenvalue weighted by Gasteiger charge is 2.19. The standard InChI is InChI=1S/C13H28N2O2/c1-4-7-11(8-14)13(17)15-9-12(16)10(5-2)6-3/h10-12,16H,4-9,14H2,1-3H3,(H,15,17). The average Bonchev–Trinajstić information content (AvgIpc) is 2.34. The van der Waals surface area contributed by atoms with E-state index in [2.05, 4.69) is 19.2 Å². The van der Waals surface area contributed by atoms with Crippen molar-refractivity contribution in [1.82, 2.24) is 5.32 Å². The van der Waals surface area contributed by atoms with Crippen LogP contribution in [0.2, 0.25) is 0 Å². The molecule has 0 fully saturated rings. The number of nitrogens with two attached hydrogens (primary N) is 1. The third-order valence-corrected chi connectivity index (χ3v) is 3.37. The van der Waals surface area contributed by atoms with Crippen LogP contribution in [-0.4, -0.2) is 30.2 Å². The van der Waals surface area contributed by atoms with Gasteiger partial charge in [0.25, 0.3) is 0 Å². The average molecular weight is 244 g/mol. The van der Waals surface area contributed by atoms with Gasteiger partial charge in [-0.25, -0.2) is 0 Å². The van der Waals surface area contributed by atoms with Gasteiger partial charge in [-0.15, -0.1) is 0 Å². The van der Waals surface area contributed by atoms with E-state index in [1.165, 1.54) is 0 Å². The lowest BCUT2D eigenvalue weighted by molar-refractivity contribution is -0.125. The SMILES string of the molecule is CCCC(CN)C(=O)NCC(O)C(CC)CC. The molecule has 0 aromatic rings. The Morgan fingerprint density at radius 3 is 2.29 bits per heavy atom. The molecule has 0 aromatic carbocycles. The lowest BCUT2D eigenvalue weighted by Gasteiger charge is -2.21. The van der Waals surface area contributed by atoms with E-state index >= 15 is 0 Å². The van der Waals surface area contributed by atoms with Crippen LogP contribution in [0.5, 0.6) is 0 Å². The molecule has 102 valence electrons. The van der Waals surface area contributed by atoms with E-state index in [4.69, 9.17) is 5.73 Å². The van der Waals surface area contributed by atoms with Crippen molar-refractivity contribution in [2.24, 2.45) is 17.6 Å². The molecule has 1 amide bonds. The second-order valence-electron chi connectivity index (χ2n) is 4.61. The van der Waals surface area contributed by atoms with Crippen LogP contribution < -0.4 is 11.1 Å². The summed E-state index contributed by atoms with van der Waals surface area (Å²) in [7, 11) is 0. The number of amides is 1. The minimum atomic E-state index is -0.450. The van der Waals surface area contributed by atoms with Crippen LogP contribution in [0.3, 0.4) is 0 Å². The number of nitrogens with one attached hydrogen (secondary N) is 1. The summed E-state index contributed by atoms with van der Waals surface area (Å²) in [6, 6.07) is 0. The maximum absolute atomic E-state index is 11.8. The Labute approximate surface area is 105 Å². The van der Waals surface area contributed by atoms with E-state index in [0.29, 0.717) is 13.1 Å². The summed E-state index contributed by atoms with van der Waals surface area (Å²) < 4.78 is 0. The Hall–Kier alpha value is -0.610. The molecule has 17 heavy (non-hydrogen) atoms. The quantitative estimate of drug-likeness (QED) is 0.572. The van der Waals surface area contributed by atoms with Crippen LogP contribution >= 0.6 is 0 Å². The minimum absolute atomic E-state index is 0.0284. The number of rotatable bonds is 9. The van der Waals surface area contributed by atoms with Crippen molar-refractivity contribution in [3.8, 4) is 0 Å². The predicted octanol–water partition coefficient (Wildman–Crippen LogP) is 1.27. The molecule has 0 saturated heterocycles. The van der Waals surface area contributed by atoms with Crippen molar-refractivity contribution in [3.05, 3.63) is 0 Å². The molecule has 0 rings (SSSR count). The fourth-order valence-electron chi connectivity index (χ4n) is 2.05. The summed E-state index contributed by atoms with van der Waals surface area (Å²) in [6.07, 6.45) is 3.17. The number of hydrogen-bond donors (Lipinski definition) is 3. The largest absolute Gasteiger partial charge is 0.391 e. The molecule has 0 aliphatic heterocycles. The van der Waals surface area contributed by atoms with Gasteiger partial charge in [0.1, 0.15) is 0 Å². The van der Waals surface area contributed by atoms with Crippen molar-refractivity contribution >= 4 is 5.91 Å². The molecule has 0 aliphatic rings. The summed E-state index contributed by atoms with van der Waals surface area (Å²) in [6.45, 7) is 6.86. The third kappa shape index (κ3) is 6.03. The van der Waals surface area contributed by atoms with Gasteiger partial charge in [-0.05, 0) is 12.3 Å². The predicted molar refractivity (Wildman–Crippen MR) is 70.5 cm³/mol. The normalized spacial score (nSPS) is 14.7. The maximum Gasteiger partial charge on any atom is 0.224 e. The second-order valence-corrected chi connectivity index (χ2v) is 4.61. The second kappa shape index (κ2) is 9.42. The first-order valence-electron chi connectivity index (χ1n) is 6.76. The van der Waals surface area contributed by atoms with Gasteiger partial charge < -0.3 is 16.2 Å². The topological polar surface area (TPSA) is 75.4 Å². The lowest BCUT2D eigenvalue weighted by Crippen LogP contribution is -2.41. The summed E-state index contributed by atoms with van der Waals surface area (Å²) >= 11 is 0. The van der Waals surface area contributed by atoms with E-state index < -0.39 is 6.10 Å². The van der Waals surface area contributed by atoms with Gasteiger partial charge in [0.2, 0.25) is 5.91 Å². The first kappa shape index (κ1) is 16.4. The highest BCUT2D eigenvalue weighted by molar-refractivity contribution is 5.78. The van der Waals surface area contributed by atoms with Crippen LogP contribution in [0.25, 0.3) is 0 Å². The Bertz CT molecular complexity index is 206. The molecule has 0 spiro atoms. The van der Waals surface area contributed by atoms with Gasteiger partial charge in [-0.1, -0.05) is 40.0 Å². The zero-order chi connectivity index (χ0) is 13.3. The van der Waals surface area contributed by atoms with Crippen molar-refractivity contribution in [2.45, 2.75) is 52.6 Å². The summed E-state index contributed by atoms with van der Waals surface area (Å²) in [4.78, 5) is 11.8. The zero-order valence-corrected chi connectivity index (χ0v) is 11.4. The molecule has 0 aliphatic carbocycles. The van der Waals surface area contributed by atoms with Crippen molar-refractivity contribution < 1.29 is 9.90 Å². The molecule has 0 aromatic heterocycles. The molecule has 0 heterocycles. The van der Waals surface area contributed by atoms with Crippen LogP contribution in [0.15, 0.2) is 0 Å². The summed E-state index contributed by atoms with van der Waals surface area (Å²) in [5, 5.41) is 12.7. The lowest BCUT2D eigenvalue weighted by atomic mass is 9.96. The Morgan fingerprint density at radius 1 is 1.29 bits per heavy atom.